The predicted octanol–water partition coefficient (Wildman–Crippen LogP) is 3.05. The molecule has 3 heterocycles. The number of ether oxygens (including phenoxy) is 2. The third kappa shape index (κ3) is 5.78. The Kier molecular flexibility index (Phi) is 7.31. The Morgan fingerprint density at radius 1 is 1.11 bits per heavy atom. The Bertz CT molecular complexity index is 1190. The van der Waals surface area contributed by atoms with E-state index >= 15 is 0 Å². The molecular weight excluding hydrogens is 446 g/mol. The second-order valence-electron chi connectivity index (χ2n) is 8.74. The van der Waals surface area contributed by atoms with E-state index in [1.165, 1.54) is 18.3 Å². The molecule has 0 atom stereocenters. The number of hydrogen-bond acceptors (Lipinski definition) is 9. The van der Waals surface area contributed by atoms with E-state index in [1.807, 2.05) is 18.2 Å². The number of aromatic nitrogens is 3. The summed E-state index contributed by atoms with van der Waals surface area (Å²) in [5.41, 5.74) is 8.81. The van der Waals surface area contributed by atoms with Crippen molar-refractivity contribution in [1.29, 1.82) is 0 Å². The standard InChI is InChI=1S/C25H31N7O3/c1-31(2)25(33)18-6-8-22(30-24(18)34-4)29-23-14-20(27-15-28-23)16-5-7-21(19(26)13-16)35-17-9-11-32(3)12-10-17/h5-8,13-15,17H,9-12,26H2,1-4H3,(H,27,28,29,30). The van der Waals surface area contributed by atoms with Crippen LogP contribution in [-0.4, -0.2) is 78.1 Å². The normalized spacial score (nSPS) is 14.4. The van der Waals surface area contributed by atoms with E-state index in [9.17, 15) is 4.79 Å². The number of hydrogen-bond donors (Lipinski definition) is 2. The summed E-state index contributed by atoms with van der Waals surface area (Å²) in [7, 11) is 6.96. The Morgan fingerprint density at radius 2 is 1.89 bits per heavy atom. The molecule has 1 aliphatic rings. The summed E-state index contributed by atoms with van der Waals surface area (Å²) < 4.78 is 11.5. The molecule has 1 aliphatic heterocycles. The highest BCUT2D eigenvalue weighted by Crippen LogP contribution is 2.31. The van der Waals surface area contributed by atoms with Crippen LogP contribution in [0.3, 0.4) is 0 Å². The van der Waals surface area contributed by atoms with Crippen LogP contribution in [0, 0.1) is 0 Å². The average Bonchev–Trinajstić information content (AvgIpc) is 2.86. The van der Waals surface area contributed by atoms with Crippen LogP contribution in [0.2, 0.25) is 0 Å². The van der Waals surface area contributed by atoms with E-state index in [0.29, 0.717) is 34.3 Å². The lowest BCUT2D eigenvalue weighted by Gasteiger charge is -2.29. The van der Waals surface area contributed by atoms with E-state index in [1.54, 1.807) is 32.3 Å². The van der Waals surface area contributed by atoms with Crippen molar-refractivity contribution in [3.8, 4) is 22.9 Å². The van der Waals surface area contributed by atoms with Crippen LogP contribution in [0.25, 0.3) is 11.3 Å². The smallest absolute Gasteiger partial charge is 0.258 e. The first kappa shape index (κ1) is 24.2. The number of rotatable bonds is 7. The summed E-state index contributed by atoms with van der Waals surface area (Å²) in [6.45, 7) is 2.05. The van der Waals surface area contributed by atoms with Gasteiger partial charge in [-0.1, -0.05) is 0 Å². The van der Waals surface area contributed by atoms with Crippen molar-refractivity contribution in [2.24, 2.45) is 0 Å². The highest BCUT2D eigenvalue weighted by atomic mass is 16.5. The molecule has 35 heavy (non-hydrogen) atoms. The molecule has 1 saturated heterocycles. The Morgan fingerprint density at radius 3 is 2.57 bits per heavy atom. The molecule has 1 amide bonds. The summed E-state index contributed by atoms with van der Waals surface area (Å²) in [5, 5.41) is 3.14. The van der Waals surface area contributed by atoms with Crippen molar-refractivity contribution in [3.63, 3.8) is 0 Å². The van der Waals surface area contributed by atoms with Crippen LogP contribution in [0.4, 0.5) is 17.3 Å². The molecule has 0 aliphatic carbocycles. The lowest BCUT2D eigenvalue weighted by Crippen LogP contribution is -2.35. The number of nitrogen functional groups attached to an aromatic ring is 1. The van der Waals surface area contributed by atoms with E-state index in [0.717, 1.165) is 31.5 Å². The maximum Gasteiger partial charge on any atom is 0.258 e. The number of pyridine rings is 1. The molecule has 0 saturated carbocycles. The lowest BCUT2D eigenvalue weighted by atomic mass is 10.1. The van der Waals surface area contributed by atoms with Crippen LogP contribution < -0.4 is 20.5 Å². The fourth-order valence-corrected chi connectivity index (χ4v) is 3.88. The Balaban J connectivity index is 1.49. The molecule has 1 fully saturated rings. The van der Waals surface area contributed by atoms with Crippen molar-refractivity contribution >= 4 is 23.2 Å². The van der Waals surface area contributed by atoms with Crippen molar-refractivity contribution in [2.75, 3.05) is 52.4 Å². The number of carbonyl (C=O) groups excluding carboxylic acids is 1. The van der Waals surface area contributed by atoms with Gasteiger partial charge in [-0.3, -0.25) is 4.79 Å². The first-order chi connectivity index (χ1) is 16.8. The van der Waals surface area contributed by atoms with Gasteiger partial charge in [-0.25, -0.2) is 9.97 Å². The SMILES string of the molecule is COc1nc(Nc2cc(-c3ccc(OC4CCN(C)CC4)c(N)c3)ncn2)ccc1C(=O)N(C)C. The number of nitrogens with one attached hydrogen (secondary N) is 1. The highest BCUT2D eigenvalue weighted by molar-refractivity contribution is 5.96. The number of piperidine rings is 1. The van der Waals surface area contributed by atoms with Gasteiger partial charge in [-0.2, -0.15) is 4.98 Å². The van der Waals surface area contributed by atoms with Crippen LogP contribution in [0.1, 0.15) is 23.2 Å². The first-order valence-corrected chi connectivity index (χ1v) is 11.4. The van der Waals surface area contributed by atoms with E-state index in [2.05, 4.69) is 32.2 Å². The Labute approximate surface area is 205 Å². The van der Waals surface area contributed by atoms with Gasteiger partial charge in [-0.15, -0.1) is 0 Å². The van der Waals surface area contributed by atoms with Crippen LogP contribution in [0.5, 0.6) is 11.6 Å². The Hall–Kier alpha value is -3.92. The zero-order chi connectivity index (χ0) is 24.9. The maximum atomic E-state index is 12.3. The number of likely N-dealkylation sites (tertiary alicyclic amines) is 1. The van der Waals surface area contributed by atoms with Gasteiger partial charge in [0.1, 0.15) is 35.4 Å². The number of benzene rings is 1. The maximum absolute atomic E-state index is 12.3. The number of carbonyl (C=O) groups is 1. The van der Waals surface area contributed by atoms with Crippen molar-refractivity contribution in [2.45, 2.75) is 18.9 Å². The second kappa shape index (κ2) is 10.6. The molecule has 0 unspecified atom stereocenters. The lowest BCUT2D eigenvalue weighted by molar-refractivity contribution is 0.0823. The van der Waals surface area contributed by atoms with Gasteiger partial charge in [0, 0.05) is 38.8 Å². The summed E-state index contributed by atoms with van der Waals surface area (Å²) >= 11 is 0. The fraction of sp³-hybridized carbons (Fsp3) is 0.360. The van der Waals surface area contributed by atoms with Gasteiger partial charge < -0.3 is 30.3 Å². The third-order valence-corrected chi connectivity index (χ3v) is 5.88. The molecule has 184 valence electrons. The zero-order valence-corrected chi connectivity index (χ0v) is 20.5. The van der Waals surface area contributed by atoms with Gasteiger partial charge >= 0.3 is 0 Å². The van der Waals surface area contributed by atoms with Crippen LogP contribution in [-0.2, 0) is 0 Å². The monoisotopic (exact) mass is 477 g/mol. The minimum absolute atomic E-state index is 0.179. The summed E-state index contributed by atoms with van der Waals surface area (Å²) in [6, 6.07) is 10.9. The largest absolute Gasteiger partial charge is 0.488 e. The molecule has 0 spiro atoms. The van der Waals surface area contributed by atoms with Gasteiger partial charge in [-0.05, 0) is 50.2 Å². The van der Waals surface area contributed by atoms with Gasteiger partial charge in [0.25, 0.3) is 5.91 Å². The molecule has 2 aromatic heterocycles. The van der Waals surface area contributed by atoms with Gasteiger partial charge in [0.2, 0.25) is 5.88 Å². The number of nitrogens with zero attached hydrogens (tertiary/aromatic N) is 5. The molecule has 0 radical (unpaired) electrons. The molecule has 10 heteroatoms. The number of amides is 1. The van der Waals surface area contributed by atoms with Gasteiger partial charge in [0.15, 0.2) is 0 Å². The van der Waals surface area contributed by atoms with Crippen molar-refractivity contribution in [3.05, 3.63) is 48.3 Å². The molecule has 3 N–H and O–H groups in total. The minimum atomic E-state index is -0.189. The highest BCUT2D eigenvalue weighted by Gasteiger charge is 2.19. The average molecular weight is 478 g/mol. The van der Waals surface area contributed by atoms with Gasteiger partial charge in [0.05, 0.1) is 18.5 Å². The number of anilines is 3. The van der Waals surface area contributed by atoms with Crippen molar-refractivity contribution < 1.29 is 14.3 Å². The number of nitrogens with two attached hydrogens (primary N) is 1. The molecule has 1 aromatic carbocycles. The molecule has 3 aromatic rings. The quantitative estimate of drug-likeness (QED) is 0.495. The summed E-state index contributed by atoms with van der Waals surface area (Å²) in [5.74, 6) is 1.77. The summed E-state index contributed by atoms with van der Waals surface area (Å²) in [4.78, 5) is 29.2. The third-order valence-electron chi connectivity index (χ3n) is 5.88. The zero-order valence-electron chi connectivity index (χ0n) is 20.5. The first-order valence-electron chi connectivity index (χ1n) is 11.4. The molecule has 4 rings (SSSR count). The molecule has 0 bridgehead atoms. The van der Waals surface area contributed by atoms with E-state index < -0.39 is 0 Å². The molecular formula is C25H31N7O3. The summed E-state index contributed by atoms with van der Waals surface area (Å²) in [6.07, 6.45) is 3.62. The topological polar surface area (TPSA) is 119 Å². The number of methoxy groups -OCH3 is 1. The van der Waals surface area contributed by atoms with E-state index in [4.69, 9.17) is 15.2 Å². The second-order valence-corrected chi connectivity index (χ2v) is 8.74. The van der Waals surface area contributed by atoms with E-state index in [-0.39, 0.29) is 17.9 Å². The van der Waals surface area contributed by atoms with Crippen LogP contribution in [0.15, 0.2) is 42.7 Å². The predicted molar refractivity (Wildman–Crippen MR) is 135 cm³/mol. The molecule has 10 nitrogen and oxygen atoms in total. The van der Waals surface area contributed by atoms with Crippen molar-refractivity contribution in [1.82, 2.24) is 24.8 Å². The fourth-order valence-electron chi connectivity index (χ4n) is 3.88. The van der Waals surface area contributed by atoms with Crippen LogP contribution >= 0.6 is 0 Å². The minimum Gasteiger partial charge on any atom is -0.488 e.